The normalized spacial score (nSPS) is 10.9. The molecule has 3 nitrogen and oxygen atoms in total. The maximum Gasteiger partial charge on any atom is 0.185 e. The van der Waals surface area contributed by atoms with Gasteiger partial charge in [0.25, 0.3) is 0 Å². The first-order valence-electron chi connectivity index (χ1n) is 4.61. The lowest BCUT2D eigenvalue weighted by Crippen LogP contribution is -2.09. The second kappa shape index (κ2) is 6.11. The molecule has 0 N–H and O–H groups in total. The van der Waals surface area contributed by atoms with Crippen LogP contribution in [0.1, 0.15) is 25.7 Å². The second-order valence-electron chi connectivity index (χ2n) is 2.68. The van der Waals surface area contributed by atoms with E-state index in [-0.39, 0.29) is 6.29 Å². The van der Waals surface area contributed by atoms with Gasteiger partial charge in [-0.05, 0) is 35.8 Å². The Morgan fingerprint density at radius 3 is 2.43 bits per heavy atom. The highest BCUT2D eigenvalue weighted by atomic mass is 79.9. The standard InChI is InChI=1S/C10H14BrNO2/c1-3-13-10(14-4-2)8-5-9(11)7-12-6-8/h5-7,10H,3-4H2,1-2H3. The van der Waals surface area contributed by atoms with Gasteiger partial charge in [0, 0.05) is 35.6 Å². The molecular formula is C10H14BrNO2. The van der Waals surface area contributed by atoms with E-state index in [1.807, 2.05) is 19.9 Å². The summed E-state index contributed by atoms with van der Waals surface area (Å²) in [5, 5.41) is 0. The Hall–Kier alpha value is -0.450. The molecule has 0 saturated carbocycles. The molecule has 0 amide bonds. The van der Waals surface area contributed by atoms with Crippen molar-refractivity contribution in [1.82, 2.24) is 4.98 Å². The molecule has 4 heteroatoms. The molecular weight excluding hydrogens is 246 g/mol. The third kappa shape index (κ3) is 3.36. The van der Waals surface area contributed by atoms with E-state index in [1.54, 1.807) is 12.4 Å². The van der Waals surface area contributed by atoms with Gasteiger partial charge < -0.3 is 9.47 Å². The minimum absolute atomic E-state index is 0.310. The van der Waals surface area contributed by atoms with Gasteiger partial charge in [0.15, 0.2) is 6.29 Å². The molecule has 0 aliphatic heterocycles. The van der Waals surface area contributed by atoms with Crippen molar-refractivity contribution in [3.63, 3.8) is 0 Å². The highest BCUT2D eigenvalue weighted by molar-refractivity contribution is 9.10. The lowest BCUT2D eigenvalue weighted by molar-refractivity contribution is -0.140. The zero-order valence-corrected chi connectivity index (χ0v) is 9.95. The summed E-state index contributed by atoms with van der Waals surface area (Å²) in [5.74, 6) is 0. The Balaban J connectivity index is 2.75. The summed E-state index contributed by atoms with van der Waals surface area (Å²) in [4.78, 5) is 4.06. The summed E-state index contributed by atoms with van der Waals surface area (Å²) in [5.41, 5.74) is 0.933. The van der Waals surface area contributed by atoms with Crippen LogP contribution in [0.2, 0.25) is 0 Å². The summed E-state index contributed by atoms with van der Waals surface area (Å²) in [6.07, 6.45) is 3.18. The van der Waals surface area contributed by atoms with Crippen molar-refractivity contribution in [2.75, 3.05) is 13.2 Å². The molecule has 0 bridgehead atoms. The van der Waals surface area contributed by atoms with Crippen LogP contribution in [-0.2, 0) is 9.47 Å². The number of ether oxygens (including phenoxy) is 2. The Kier molecular flexibility index (Phi) is 5.07. The first-order chi connectivity index (χ1) is 6.77. The van der Waals surface area contributed by atoms with E-state index in [0.29, 0.717) is 13.2 Å². The predicted molar refractivity (Wildman–Crippen MR) is 57.9 cm³/mol. The predicted octanol–water partition coefficient (Wildman–Crippen LogP) is 2.92. The molecule has 0 unspecified atom stereocenters. The van der Waals surface area contributed by atoms with Crippen molar-refractivity contribution in [3.05, 3.63) is 28.5 Å². The summed E-state index contributed by atoms with van der Waals surface area (Å²) in [7, 11) is 0. The molecule has 0 radical (unpaired) electrons. The van der Waals surface area contributed by atoms with Gasteiger partial charge in [0.1, 0.15) is 0 Å². The Labute approximate surface area is 92.6 Å². The largest absolute Gasteiger partial charge is 0.349 e. The molecule has 0 fully saturated rings. The molecule has 0 aromatic carbocycles. The van der Waals surface area contributed by atoms with Gasteiger partial charge in [-0.3, -0.25) is 4.98 Å². The molecule has 0 spiro atoms. The molecule has 1 aromatic heterocycles. The van der Waals surface area contributed by atoms with Crippen LogP contribution < -0.4 is 0 Å². The number of nitrogens with zero attached hydrogens (tertiary/aromatic N) is 1. The van der Waals surface area contributed by atoms with Crippen molar-refractivity contribution in [2.45, 2.75) is 20.1 Å². The second-order valence-corrected chi connectivity index (χ2v) is 3.59. The van der Waals surface area contributed by atoms with Crippen LogP contribution in [0.15, 0.2) is 22.9 Å². The van der Waals surface area contributed by atoms with Crippen LogP contribution in [0.5, 0.6) is 0 Å². The first kappa shape index (κ1) is 11.6. The highest BCUT2D eigenvalue weighted by Crippen LogP contribution is 2.20. The summed E-state index contributed by atoms with van der Waals surface area (Å²) in [6.45, 7) is 5.13. The van der Waals surface area contributed by atoms with Crippen LogP contribution in [-0.4, -0.2) is 18.2 Å². The van der Waals surface area contributed by atoms with Gasteiger partial charge in [0.05, 0.1) is 0 Å². The maximum atomic E-state index is 5.44. The van der Waals surface area contributed by atoms with Crippen LogP contribution in [0.25, 0.3) is 0 Å². The molecule has 0 saturated heterocycles. The number of rotatable bonds is 5. The van der Waals surface area contributed by atoms with Crippen LogP contribution in [0.3, 0.4) is 0 Å². The number of hydrogen-bond donors (Lipinski definition) is 0. The fraction of sp³-hybridized carbons (Fsp3) is 0.500. The van der Waals surface area contributed by atoms with Gasteiger partial charge in [-0.15, -0.1) is 0 Å². The maximum absolute atomic E-state index is 5.44. The molecule has 1 heterocycles. The van der Waals surface area contributed by atoms with Gasteiger partial charge in [-0.25, -0.2) is 0 Å². The SMILES string of the molecule is CCOC(OCC)c1cncc(Br)c1. The molecule has 0 aliphatic carbocycles. The third-order valence-corrected chi connectivity index (χ3v) is 2.07. The minimum atomic E-state index is -0.310. The molecule has 1 rings (SSSR count). The van der Waals surface area contributed by atoms with E-state index in [9.17, 15) is 0 Å². The third-order valence-electron chi connectivity index (χ3n) is 1.63. The van der Waals surface area contributed by atoms with Crippen molar-refractivity contribution < 1.29 is 9.47 Å². The van der Waals surface area contributed by atoms with Crippen LogP contribution in [0, 0.1) is 0 Å². The Morgan fingerprint density at radius 1 is 1.29 bits per heavy atom. The average molecular weight is 260 g/mol. The van der Waals surface area contributed by atoms with Crippen molar-refractivity contribution in [2.24, 2.45) is 0 Å². The molecule has 0 aliphatic rings. The average Bonchev–Trinajstić information content (AvgIpc) is 2.17. The van der Waals surface area contributed by atoms with Gasteiger partial charge in [0.2, 0.25) is 0 Å². The molecule has 78 valence electrons. The van der Waals surface area contributed by atoms with E-state index < -0.39 is 0 Å². The summed E-state index contributed by atoms with van der Waals surface area (Å²) in [6, 6.07) is 1.95. The number of aromatic nitrogens is 1. The number of hydrogen-bond acceptors (Lipinski definition) is 3. The van der Waals surface area contributed by atoms with Gasteiger partial charge in [-0.1, -0.05) is 0 Å². The highest BCUT2D eigenvalue weighted by Gasteiger charge is 2.11. The van der Waals surface area contributed by atoms with E-state index in [1.165, 1.54) is 0 Å². The fourth-order valence-electron chi connectivity index (χ4n) is 1.10. The number of halogens is 1. The van der Waals surface area contributed by atoms with E-state index in [2.05, 4.69) is 20.9 Å². The summed E-state index contributed by atoms with van der Waals surface area (Å²) < 4.78 is 11.8. The van der Waals surface area contributed by atoms with E-state index in [4.69, 9.17) is 9.47 Å². The smallest absolute Gasteiger partial charge is 0.185 e. The van der Waals surface area contributed by atoms with Crippen LogP contribution in [0.4, 0.5) is 0 Å². The lowest BCUT2D eigenvalue weighted by Gasteiger charge is -2.16. The molecule has 14 heavy (non-hydrogen) atoms. The summed E-state index contributed by atoms with van der Waals surface area (Å²) >= 11 is 3.36. The minimum Gasteiger partial charge on any atom is -0.349 e. The zero-order valence-electron chi connectivity index (χ0n) is 8.37. The Bertz CT molecular complexity index is 275. The van der Waals surface area contributed by atoms with E-state index in [0.717, 1.165) is 10.0 Å². The fourth-order valence-corrected chi connectivity index (χ4v) is 1.48. The monoisotopic (exact) mass is 259 g/mol. The topological polar surface area (TPSA) is 31.4 Å². The number of pyridine rings is 1. The first-order valence-corrected chi connectivity index (χ1v) is 5.40. The van der Waals surface area contributed by atoms with Crippen molar-refractivity contribution in [3.8, 4) is 0 Å². The van der Waals surface area contributed by atoms with Crippen molar-refractivity contribution >= 4 is 15.9 Å². The molecule has 1 aromatic rings. The van der Waals surface area contributed by atoms with Gasteiger partial charge >= 0.3 is 0 Å². The Morgan fingerprint density at radius 2 is 1.93 bits per heavy atom. The van der Waals surface area contributed by atoms with Crippen LogP contribution >= 0.6 is 15.9 Å². The lowest BCUT2D eigenvalue weighted by atomic mass is 10.3. The molecule has 0 atom stereocenters. The van der Waals surface area contributed by atoms with E-state index >= 15 is 0 Å². The zero-order chi connectivity index (χ0) is 10.4. The quantitative estimate of drug-likeness (QED) is 0.763. The van der Waals surface area contributed by atoms with Gasteiger partial charge in [-0.2, -0.15) is 0 Å². The van der Waals surface area contributed by atoms with Crippen molar-refractivity contribution in [1.29, 1.82) is 0 Å².